The summed E-state index contributed by atoms with van der Waals surface area (Å²) < 4.78 is 26.1. The van der Waals surface area contributed by atoms with Crippen LogP contribution in [0.3, 0.4) is 0 Å². The highest BCUT2D eigenvalue weighted by Crippen LogP contribution is 2.24. The first-order valence-electron chi connectivity index (χ1n) is 9.92. The number of benzene rings is 2. The van der Waals surface area contributed by atoms with Crippen LogP contribution in [0.5, 0.6) is 0 Å². The lowest BCUT2D eigenvalue weighted by Gasteiger charge is -2.28. The molecule has 1 heterocycles. The van der Waals surface area contributed by atoms with Crippen LogP contribution >= 0.6 is 0 Å². The van der Waals surface area contributed by atoms with Crippen molar-refractivity contribution in [3.05, 3.63) is 65.7 Å². The van der Waals surface area contributed by atoms with E-state index in [0.29, 0.717) is 36.7 Å². The van der Waals surface area contributed by atoms with Crippen LogP contribution in [-0.2, 0) is 16.4 Å². The topological polar surface area (TPSA) is 66.5 Å². The predicted molar refractivity (Wildman–Crippen MR) is 113 cm³/mol. The molecule has 0 bridgehead atoms. The van der Waals surface area contributed by atoms with E-state index in [1.807, 2.05) is 18.2 Å². The summed E-state index contributed by atoms with van der Waals surface area (Å²) in [4.78, 5) is 12.6. The van der Waals surface area contributed by atoms with E-state index in [9.17, 15) is 13.2 Å². The molecule has 0 spiro atoms. The molecule has 1 amide bonds. The van der Waals surface area contributed by atoms with Crippen LogP contribution in [0, 0.1) is 5.92 Å². The molecule has 0 aliphatic carbocycles. The van der Waals surface area contributed by atoms with Crippen LogP contribution in [0.15, 0.2) is 54.6 Å². The van der Waals surface area contributed by atoms with Gasteiger partial charge in [-0.15, -0.1) is 0 Å². The second-order valence-electron chi connectivity index (χ2n) is 7.32. The van der Waals surface area contributed by atoms with Crippen molar-refractivity contribution in [2.45, 2.75) is 32.6 Å². The third-order valence-electron chi connectivity index (χ3n) is 5.24. The molecule has 1 saturated heterocycles. The molecule has 3 rings (SSSR count). The molecule has 0 aromatic heterocycles. The Hall–Kier alpha value is -2.34. The number of hydrogen-bond donors (Lipinski definition) is 1. The molecule has 1 atom stereocenters. The van der Waals surface area contributed by atoms with Crippen molar-refractivity contribution in [1.82, 2.24) is 5.32 Å². The molecule has 1 N–H and O–H groups in total. The van der Waals surface area contributed by atoms with Gasteiger partial charge in [0.25, 0.3) is 5.91 Å². The zero-order chi connectivity index (χ0) is 20.0. The molecule has 2 aromatic rings. The number of nitrogens with zero attached hydrogens (tertiary/aromatic N) is 1. The van der Waals surface area contributed by atoms with E-state index in [4.69, 9.17) is 0 Å². The lowest BCUT2D eigenvalue weighted by molar-refractivity contribution is 0.0946. The molecule has 5 nitrogen and oxygen atoms in total. The van der Waals surface area contributed by atoms with Crippen LogP contribution in [0.25, 0.3) is 0 Å². The first-order chi connectivity index (χ1) is 13.5. The monoisotopic (exact) mass is 400 g/mol. The summed E-state index contributed by atoms with van der Waals surface area (Å²) in [7, 11) is -3.28. The van der Waals surface area contributed by atoms with Crippen molar-refractivity contribution in [2.24, 2.45) is 5.92 Å². The van der Waals surface area contributed by atoms with Crippen LogP contribution in [0.4, 0.5) is 5.69 Å². The molecular formula is C22H28N2O3S. The molecule has 0 saturated carbocycles. The molecule has 1 fully saturated rings. The summed E-state index contributed by atoms with van der Waals surface area (Å²) in [6.45, 7) is 3.19. The highest BCUT2D eigenvalue weighted by Gasteiger charge is 2.26. The third-order valence-corrected chi connectivity index (χ3v) is 7.11. The van der Waals surface area contributed by atoms with E-state index < -0.39 is 10.0 Å². The van der Waals surface area contributed by atoms with Gasteiger partial charge in [-0.05, 0) is 48.9 Å². The minimum absolute atomic E-state index is 0.164. The average Bonchev–Trinajstić information content (AvgIpc) is 2.71. The van der Waals surface area contributed by atoms with E-state index in [-0.39, 0.29) is 11.7 Å². The Labute approximate surface area is 167 Å². The summed E-state index contributed by atoms with van der Waals surface area (Å²) in [5, 5.41) is 3.01. The van der Waals surface area contributed by atoms with Gasteiger partial charge in [0, 0.05) is 18.7 Å². The number of amides is 1. The van der Waals surface area contributed by atoms with E-state index >= 15 is 0 Å². The van der Waals surface area contributed by atoms with Gasteiger partial charge in [0.15, 0.2) is 0 Å². The van der Waals surface area contributed by atoms with Gasteiger partial charge >= 0.3 is 0 Å². The minimum Gasteiger partial charge on any atom is -0.352 e. The molecule has 2 aromatic carbocycles. The Kier molecular flexibility index (Phi) is 6.73. The molecule has 0 radical (unpaired) electrons. The first-order valence-corrected chi connectivity index (χ1v) is 11.5. The minimum atomic E-state index is -3.28. The van der Waals surface area contributed by atoms with Gasteiger partial charge in [-0.25, -0.2) is 8.42 Å². The lowest BCUT2D eigenvalue weighted by atomic mass is 9.97. The van der Waals surface area contributed by atoms with Gasteiger partial charge in [0.05, 0.1) is 11.4 Å². The Balaban J connectivity index is 1.64. The predicted octanol–water partition coefficient (Wildman–Crippen LogP) is 3.62. The fourth-order valence-corrected chi connectivity index (χ4v) is 5.16. The van der Waals surface area contributed by atoms with Gasteiger partial charge in [-0.1, -0.05) is 49.7 Å². The molecule has 0 unspecified atom stereocenters. The summed E-state index contributed by atoms with van der Waals surface area (Å²) in [5.41, 5.74) is 2.33. The number of hydrogen-bond acceptors (Lipinski definition) is 3. The maximum absolute atomic E-state index is 12.6. The second-order valence-corrected chi connectivity index (χ2v) is 9.33. The Morgan fingerprint density at radius 2 is 1.89 bits per heavy atom. The van der Waals surface area contributed by atoms with Gasteiger partial charge in [-0.2, -0.15) is 0 Å². The lowest BCUT2D eigenvalue weighted by Crippen LogP contribution is -2.38. The number of carbonyl (C=O) groups excluding carboxylic acids is 1. The van der Waals surface area contributed by atoms with Crippen molar-refractivity contribution in [3.63, 3.8) is 0 Å². The number of rotatable bonds is 7. The summed E-state index contributed by atoms with van der Waals surface area (Å²) >= 11 is 0. The van der Waals surface area contributed by atoms with E-state index in [1.54, 1.807) is 24.3 Å². The highest BCUT2D eigenvalue weighted by molar-refractivity contribution is 7.92. The molecule has 6 heteroatoms. The maximum atomic E-state index is 12.6. The molecule has 1 aliphatic rings. The van der Waals surface area contributed by atoms with Crippen LogP contribution < -0.4 is 9.62 Å². The Bertz CT molecular complexity index is 897. The van der Waals surface area contributed by atoms with Crippen LogP contribution in [0.2, 0.25) is 0 Å². The van der Waals surface area contributed by atoms with Crippen molar-refractivity contribution in [2.75, 3.05) is 23.1 Å². The molecule has 28 heavy (non-hydrogen) atoms. The SMILES string of the molecule is CC[C@@H](CNC(=O)c1cccc(N2CCCCS2(=O)=O)c1)Cc1ccccc1. The van der Waals surface area contributed by atoms with Crippen molar-refractivity contribution in [1.29, 1.82) is 0 Å². The fraction of sp³-hybridized carbons (Fsp3) is 0.409. The number of nitrogens with one attached hydrogen (secondary N) is 1. The van der Waals surface area contributed by atoms with Crippen molar-refractivity contribution in [3.8, 4) is 0 Å². The summed E-state index contributed by atoms with van der Waals surface area (Å²) in [6.07, 6.45) is 3.43. The van der Waals surface area contributed by atoms with E-state index in [0.717, 1.165) is 19.3 Å². The maximum Gasteiger partial charge on any atom is 0.251 e. The van der Waals surface area contributed by atoms with Crippen LogP contribution in [-0.4, -0.2) is 33.2 Å². The zero-order valence-corrected chi connectivity index (χ0v) is 17.1. The van der Waals surface area contributed by atoms with E-state index in [1.165, 1.54) is 9.87 Å². The highest BCUT2D eigenvalue weighted by atomic mass is 32.2. The molecule has 150 valence electrons. The third kappa shape index (κ3) is 5.13. The first kappa shape index (κ1) is 20.4. The number of anilines is 1. The quantitative estimate of drug-likeness (QED) is 0.772. The summed E-state index contributed by atoms with van der Waals surface area (Å²) in [6, 6.07) is 17.2. The smallest absolute Gasteiger partial charge is 0.251 e. The van der Waals surface area contributed by atoms with Gasteiger partial charge in [-0.3, -0.25) is 9.10 Å². The number of carbonyl (C=O) groups is 1. The largest absolute Gasteiger partial charge is 0.352 e. The van der Waals surface area contributed by atoms with Gasteiger partial charge in [0.2, 0.25) is 10.0 Å². The molecule has 1 aliphatic heterocycles. The number of sulfonamides is 1. The van der Waals surface area contributed by atoms with Crippen LogP contribution in [0.1, 0.15) is 42.1 Å². The average molecular weight is 401 g/mol. The van der Waals surface area contributed by atoms with Gasteiger partial charge in [0.1, 0.15) is 0 Å². The Morgan fingerprint density at radius 1 is 1.11 bits per heavy atom. The van der Waals surface area contributed by atoms with Crippen molar-refractivity contribution < 1.29 is 13.2 Å². The van der Waals surface area contributed by atoms with Gasteiger partial charge < -0.3 is 5.32 Å². The van der Waals surface area contributed by atoms with Crippen molar-refractivity contribution >= 4 is 21.6 Å². The molecular weight excluding hydrogens is 372 g/mol. The normalized spacial score (nSPS) is 17.1. The summed E-state index contributed by atoms with van der Waals surface area (Å²) in [5.74, 6) is 0.362. The standard InChI is InChI=1S/C22H28N2O3S/c1-2-18(15-19-9-4-3-5-10-19)17-23-22(25)20-11-8-12-21(16-20)24-13-6-7-14-28(24,26)27/h3-5,8-12,16,18H,2,6-7,13-15,17H2,1H3,(H,23,25)/t18-/m1/s1. The van der Waals surface area contributed by atoms with E-state index in [2.05, 4.69) is 24.4 Å². The fourth-order valence-electron chi connectivity index (χ4n) is 3.53. The Morgan fingerprint density at radius 3 is 2.61 bits per heavy atom. The second kappa shape index (κ2) is 9.24. The zero-order valence-electron chi connectivity index (χ0n) is 16.3.